The fraction of sp³-hybridized carbons (Fsp3) is 0.250. The molecule has 0 amide bonds. The molecule has 0 saturated carbocycles. The van der Waals surface area contributed by atoms with Crippen LogP contribution in [0.4, 0.5) is 11.4 Å². The van der Waals surface area contributed by atoms with Gasteiger partial charge in [0.25, 0.3) is 11.2 Å². The van der Waals surface area contributed by atoms with Crippen molar-refractivity contribution in [1.82, 2.24) is 13.9 Å². The summed E-state index contributed by atoms with van der Waals surface area (Å²) in [5.41, 5.74) is 2.71. The molecule has 0 unspecified atom stereocenters. The summed E-state index contributed by atoms with van der Waals surface area (Å²) >= 11 is 0. The van der Waals surface area contributed by atoms with Gasteiger partial charge in [-0.3, -0.25) is 24.5 Å². The van der Waals surface area contributed by atoms with Crippen molar-refractivity contribution in [2.24, 2.45) is 0 Å². The second kappa shape index (κ2) is 8.43. The van der Waals surface area contributed by atoms with E-state index in [2.05, 4.69) is 9.88 Å². The van der Waals surface area contributed by atoms with Crippen LogP contribution in [0.1, 0.15) is 5.56 Å². The summed E-state index contributed by atoms with van der Waals surface area (Å²) in [6.07, 6.45) is 2.89. The minimum atomic E-state index is -3.24. The number of piperazine rings is 1. The minimum absolute atomic E-state index is 0.0609. The number of fused-ring (bicyclic) bond motifs is 3. The Morgan fingerprint density at radius 1 is 0.971 bits per heavy atom. The highest BCUT2D eigenvalue weighted by Gasteiger charge is 2.24. The molecule has 1 saturated heterocycles. The largest absolute Gasteiger partial charge is 0.369 e. The summed E-state index contributed by atoms with van der Waals surface area (Å²) in [5.74, 6) is 0. The third kappa shape index (κ3) is 4.13. The predicted octanol–water partition coefficient (Wildman–Crippen LogP) is 2.84. The van der Waals surface area contributed by atoms with Gasteiger partial charge in [0.2, 0.25) is 10.0 Å². The van der Waals surface area contributed by atoms with Crippen LogP contribution in [0.15, 0.2) is 59.5 Å². The van der Waals surface area contributed by atoms with Crippen LogP contribution in [0.3, 0.4) is 0 Å². The average Bonchev–Trinajstić information content (AvgIpc) is 2.83. The second-order valence-electron chi connectivity index (χ2n) is 8.65. The molecule has 35 heavy (non-hydrogen) atoms. The zero-order chi connectivity index (χ0) is 24.9. The van der Waals surface area contributed by atoms with Gasteiger partial charge in [-0.15, -0.1) is 0 Å². The van der Waals surface area contributed by atoms with Crippen molar-refractivity contribution in [3.8, 4) is 5.69 Å². The van der Waals surface area contributed by atoms with E-state index >= 15 is 0 Å². The number of benzene rings is 2. The maximum atomic E-state index is 13.1. The first kappa shape index (κ1) is 22.9. The minimum Gasteiger partial charge on any atom is -0.369 e. The molecule has 0 radical (unpaired) electrons. The molecule has 5 rings (SSSR count). The molecule has 0 N–H and O–H groups in total. The molecule has 11 heteroatoms. The van der Waals surface area contributed by atoms with Crippen molar-refractivity contribution in [2.75, 3.05) is 37.3 Å². The quantitative estimate of drug-likeness (QED) is 0.244. The van der Waals surface area contributed by atoms with E-state index in [0.29, 0.717) is 48.5 Å². The molecule has 4 aromatic rings. The van der Waals surface area contributed by atoms with Gasteiger partial charge in [-0.25, -0.2) is 8.42 Å². The Labute approximate surface area is 201 Å². The Hall–Kier alpha value is -3.83. The standard InChI is InChI=1S/C24H23N5O5S/c1-16-3-5-19(14-22(16)29(31)32)28-23(30)8-4-17-15-25-21-7-6-18(13-20(21)24(17)28)26-9-11-27(12-10-26)35(2,33)34/h3-8,13-15H,9-12H2,1-2H3. The first-order chi connectivity index (χ1) is 16.6. The molecule has 0 spiro atoms. The normalized spacial score (nSPS) is 15.1. The van der Waals surface area contributed by atoms with E-state index < -0.39 is 14.9 Å². The fourth-order valence-corrected chi connectivity index (χ4v) is 5.39. The van der Waals surface area contributed by atoms with Crippen molar-refractivity contribution in [3.05, 3.63) is 80.8 Å². The highest BCUT2D eigenvalue weighted by atomic mass is 32.2. The lowest BCUT2D eigenvalue weighted by Crippen LogP contribution is -2.48. The van der Waals surface area contributed by atoms with Crippen molar-refractivity contribution in [2.45, 2.75) is 6.92 Å². The Bertz CT molecular complexity index is 1660. The van der Waals surface area contributed by atoms with E-state index in [1.165, 1.54) is 27.3 Å². The van der Waals surface area contributed by atoms with E-state index in [9.17, 15) is 23.3 Å². The molecule has 180 valence electrons. The van der Waals surface area contributed by atoms with Gasteiger partial charge in [0.1, 0.15) is 0 Å². The van der Waals surface area contributed by atoms with Crippen LogP contribution in [0, 0.1) is 17.0 Å². The Morgan fingerprint density at radius 2 is 1.69 bits per heavy atom. The molecule has 1 aliphatic heterocycles. The average molecular weight is 494 g/mol. The van der Waals surface area contributed by atoms with E-state index in [0.717, 1.165) is 16.5 Å². The number of nitro benzene ring substituents is 1. The molecule has 1 fully saturated rings. The van der Waals surface area contributed by atoms with Crippen LogP contribution in [0.25, 0.3) is 27.5 Å². The SMILES string of the molecule is Cc1ccc(-n2c(=O)ccc3cnc4ccc(N5CCN(S(C)(=O)=O)CC5)cc4c32)cc1[N+](=O)[O-]. The lowest BCUT2D eigenvalue weighted by atomic mass is 10.1. The monoisotopic (exact) mass is 493 g/mol. The van der Waals surface area contributed by atoms with Gasteiger partial charge in [-0.1, -0.05) is 6.07 Å². The number of hydrogen-bond donors (Lipinski definition) is 0. The maximum Gasteiger partial charge on any atom is 0.274 e. The van der Waals surface area contributed by atoms with Gasteiger partial charge < -0.3 is 4.90 Å². The number of aromatic nitrogens is 2. The Kier molecular flexibility index (Phi) is 5.53. The number of hydrogen-bond acceptors (Lipinski definition) is 7. The maximum absolute atomic E-state index is 13.1. The Balaban J connectivity index is 1.68. The van der Waals surface area contributed by atoms with Gasteiger partial charge in [0.05, 0.1) is 27.9 Å². The third-order valence-corrected chi connectivity index (χ3v) is 7.72. The smallest absolute Gasteiger partial charge is 0.274 e. The van der Waals surface area contributed by atoms with Crippen molar-refractivity contribution in [1.29, 1.82) is 0 Å². The first-order valence-electron chi connectivity index (χ1n) is 11.0. The van der Waals surface area contributed by atoms with Crippen molar-refractivity contribution < 1.29 is 13.3 Å². The first-order valence-corrected chi connectivity index (χ1v) is 12.9. The van der Waals surface area contributed by atoms with E-state index in [-0.39, 0.29) is 11.2 Å². The van der Waals surface area contributed by atoms with E-state index in [1.54, 1.807) is 31.3 Å². The Morgan fingerprint density at radius 3 is 2.37 bits per heavy atom. The molecule has 2 aromatic carbocycles. The zero-order valence-electron chi connectivity index (χ0n) is 19.2. The van der Waals surface area contributed by atoms with Gasteiger partial charge in [-0.2, -0.15) is 4.31 Å². The lowest BCUT2D eigenvalue weighted by molar-refractivity contribution is -0.385. The van der Waals surface area contributed by atoms with E-state index in [1.807, 2.05) is 18.2 Å². The van der Waals surface area contributed by atoms with Gasteiger partial charge in [0.15, 0.2) is 0 Å². The van der Waals surface area contributed by atoms with Crippen LogP contribution in [-0.2, 0) is 10.0 Å². The zero-order valence-corrected chi connectivity index (χ0v) is 20.0. The number of sulfonamides is 1. The summed E-state index contributed by atoms with van der Waals surface area (Å²) in [5, 5.41) is 13.0. The molecular weight excluding hydrogens is 470 g/mol. The predicted molar refractivity (Wildman–Crippen MR) is 135 cm³/mol. The number of anilines is 1. The summed E-state index contributed by atoms with van der Waals surface area (Å²) in [7, 11) is -3.24. The van der Waals surface area contributed by atoms with E-state index in [4.69, 9.17) is 0 Å². The molecular formula is C24H23N5O5S. The summed E-state index contributed by atoms with van der Waals surface area (Å²) in [6, 6.07) is 13.6. The van der Waals surface area contributed by atoms with Crippen LogP contribution in [0.2, 0.25) is 0 Å². The van der Waals surface area contributed by atoms with Crippen LogP contribution in [-0.4, -0.2) is 59.6 Å². The molecule has 0 atom stereocenters. The number of pyridine rings is 2. The number of aryl methyl sites for hydroxylation is 1. The molecule has 1 aliphatic rings. The van der Waals surface area contributed by atoms with Crippen molar-refractivity contribution >= 4 is 43.2 Å². The third-order valence-electron chi connectivity index (χ3n) is 6.42. The van der Waals surface area contributed by atoms with Gasteiger partial charge in [0, 0.05) is 66.5 Å². The van der Waals surface area contributed by atoms with Crippen molar-refractivity contribution in [3.63, 3.8) is 0 Å². The number of nitrogens with zero attached hydrogens (tertiary/aromatic N) is 5. The molecule has 0 bridgehead atoms. The molecule has 10 nitrogen and oxygen atoms in total. The highest BCUT2D eigenvalue weighted by Crippen LogP contribution is 2.30. The number of nitro groups is 1. The molecule has 2 aromatic heterocycles. The number of rotatable bonds is 4. The summed E-state index contributed by atoms with van der Waals surface area (Å²) in [6.45, 7) is 3.51. The molecule has 0 aliphatic carbocycles. The van der Waals surface area contributed by atoms with Crippen LogP contribution < -0.4 is 10.5 Å². The van der Waals surface area contributed by atoms with Crippen LogP contribution >= 0.6 is 0 Å². The lowest BCUT2D eigenvalue weighted by Gasteiger charge is -2.34. The summed E-state index contributed by atoms with van der Waals surface area (Å²) < 4.78 is 26.7. The fourth-order valence-electron chi connectivity index (χ4n) is 4.56. The van der Waals surface area contributed by atoms with Crippen LogP contribution in [0.5, 0.6) is 0 Å². The highest BCUT2D eigenvalue weighted by molar-refractivity contribution is 7.88. The van der Waals surface area contributed by atoms with Gasteiger partial charge in [-0.05, 0) is 37.3 Å². The van der Waals surface area contributed by atoms with Gasteiger partial charge >= 0.3 is 0 Å². The molecule has 3 heterocycles. The summed E-state index contributed by atoms with van der Waals surface area (Å²) in [4.78, 5) is 30.8. The second-order valence-corrected chi connectivity index (χ2v) is 10.6. The topological polar surface area (TPSA) is 119 Å².